The lowest BCUT2D eigenvalue weighted by Gasteiger charge is -2.34. The number of carboxylic acids is 1. The van der Waals surface area contributed by atoms with Crippen LogP contribution in [0.3, 0.4) is 0 Å². The third-order valence-corrected chi connectivity index (χ3v) is 9.16. The largest absolute Gasteiger partial charge is 0.481 e. The van der Waals surface area contributed by atoms with Crippen LogP contribution in [0.15, 0.2) is 72.9 Å². The molecule has 0 amide bonds. The minimum Gasteiger partial charge on any atom is -0.481 e. The van der Waals surface area contributed by atoms with E-state index >= 15 is 0 Å². The number of benzene rings is 2. The topological polar surface area (TPSA) is 92.8 Å². The number of imidazole rings is 1. The van der Waals surface area contributed by atoms with Crippen LogP contribution in [0.1, 0.15) is 54.0 Å². The van der Waals surface area contributed by atoms with Crippen molar-refractivity contribution in [3.8, 4) is 11.3 Å². The summed E-state index contributed by atoms with van der Waals surface area (Å²) in [7, 11) is 0. The normalized spacial score (nSPS) is 24.0. The van der Waals surface area contributed by atoms with Crippen molar-refractivity contribution in [1.29, 1.82) is 0 Å². The van der Waals surface area contributed by atoms with Gasteiger partial charge in [0, 0.05) is 41.6 Å². The van der Waals surface area contributed by atoms with Gasteiger partial charge in [-0.05, 0) is 48.9 Å². The molecule has 2 atom stereocenters. The first-order valence-corrected chi connectivity index (χ1v) is 14.5. The maximum atomic E-state index is 11.4. The smallest absolute Gasteiger partial charge is 0.307 e. The molecule has 0 unspecified atom stereocenters. The van der Waals surface area contributed by atoms with E-state index in [0.29, 0.717) is 31.5 Å². The molecule has 3 fully saturated rings. The Kier molecular flexibility index (Phi) is 5.77. The average molecular weight is 546 g/mol. The maximum Gasteiger partial charge on any atom is 0.307 e. The average Bonchev–Trinajstić information content (AvgIpc) is 3.71. The number of rotatable bonds is 6. The molecular formula is C33H31N5O3. The minimum atomic E-state index is -0.705. The van der Waals surface area contributed by atoms with E-state index in [1.54, 1.807) is 0 Å². The molecular weight excluding hydrogens is 514 g/mol. The first-order valence-electron chi connectivity index (χ1n) is 14.5. The fraction of sp³-hybridized carbons (Fsp3) is 0.333. The van der Waals surface area contributed by atoms with Gasteiger partial charge in [-0.25, -0.2) is 9.50 Å². The Morgan fingerprint density at radius 1 is 0.878 bits per heavy atom. The second kappa shape index (κ2) is 9.66. The van der Waals surface area contributed by atoms with Crippen LogP contribution in [0.2, 0.25) is 0 Å². The van der Waals surface area contributed by atoms with Gasteiger partial charge in [-0.3, -0.25) is 9.78 Å². The van der Waals surface area contributed by atoms with Crippen LogP contribution >= 0.6 is 0 Å². The summed E-state index contributed by atoms with van der Waals surface area (Å²) in [5.74, 6) is -0.152. The number of aromatic nitrogens is 4. The zero-order chi connectivity index (χ0) is 27.5. The summed E-state index contributed by atoms with van der Waals surface area (Å²) in [4.78, 5) is 24.0. The van der Waals surface area contributed by atoms with Gasteiger partial charge in [0.25, 0.3) is 0 Å². The first kappa shape index (κ1) is 24.5. The van der Waals surface area contributed by atoms with E-state index in [0.717, 1.165) is 71.0 Å². The van der Waals surface area contributed by atoms with Crippen LogP contribution in [0, 0.1) is 5.92 Å². The Morgan fingerprint density at radius 2 is 1.68 bits per heavy atom. The Morgan fingerprint density at radius 3 is 2.46 bits per heavy atom. The van der Waals surface area contributed by atoms with Crippen LogP contribution in [-0.4, -0.2) is 57.0 Å². The van der Waals surface area contributed by atoms with Gasteiger partial charge in [-0.15, -0.1) is 0 Å². The van der Waals surface area contributed by atoms with Crippen LogP contribution in [-0.2, 0) is 9.53 Å². The number of ether oxygens (including phenoxy) is 1. The monoisotopic (exact) mass is 545 g/mol. The molecule has 8 heteroatoms. The molecule has 8 rings (SSSR count). The number of anilines is 1. The van der Waals surface area contributed by atoms with Gasteiger partial charge >= 0.3 is 5.97 Å². The van der Waals surface area contributed by atoms with Gasteiger partial charge in [-0.1, -0.05) is 48.5 Å². The number of aliphatic carboxylic acids is 1. The molecule has 1 aliphatic heterocycles. The Bertz CT molecular complexity index is 1770. The third-order valence-electron chi connectivity index (χ3n) is 9.16. The van der Waals surface area contributed by atoms with Crippen LogP contribution in [0.25, 0.3) is 27.8 Å². The molecule has 0 spiro atoms. The minimum absolute atomic E-state index is 0.107. The van der Waals surface area contributed by atoms with Crippen molar-refractivity contribution >= 4 is 28.2 Å². The summed E-state index contributed by atoms with van der Waals surface area (Å²) in [6.45, 7) is 3.07. The number of nitrogens with zero attached hydrogens (tertiary/aromatic N) is 5. The highest BCUT2D eigenvalue weighted by Crippen LogP contribution is 2.51. The predicted molar refractivity (Wildman–Crippen MR) is 156 cm³/mol. The van der Waals surface area contributed by atoms with Crippen molar-refractivity contribution < 1.29 is 14.6 Å². The zero-order valence-corrected chi connectivity index (χ0v) is 22.7. The molecule has 2 aliphatic carbocycles. The Hall–Kier alpha value is -4.30. The Balaban J connectivity index is 1.16. The highest BCUT2D eigenvalue weighted by Gasteiger charge is 2.44. The molecule has 3 aliphatic rings. The van der Waals surface area contributed by atoms with E-state index in [1.807, 2.05) is 16.8 Å². The van der Waals surface area contributed by atoms with E-state index in [9.17, 15) is 9.90 Å². The predicted octanol–water partition coefficient (Wildman–Crippen LogP) is 5.63. The molecule has 2 aromatic carbocycles. The van der Waals surface area contributed by atoms with E-state index in [2.05, 4.69) is 65.6 Å². The lowest BCUT2D eigenvalue weighted by Crippen LogP contribution is -2.36. The number of fused-ring (bicyclic) bond motifs is 2. The van der Waals surface area contributed by atoms with E-state index < -0.39 is 5.97 Å². The van der Waals surface area contributed by atoms with Gasteiger partial charge in [0.2, 0.25) is 0 Å². The van der Waals surface area contributed by atoms with Crippen molar-refractivity contribution in [3.63, 3.8) is 0 Å². The number of pyridine rings is 1. The zero-order valence-electron chi connectivity index (χ0n) is 22.7. The molecule has 41 heavy (non-hydrogen) atoms. The molecule has 206 valence electrons. The standard InChI is InChI=1S/C33H31N5O3/c39-33(40)26-19-25(26)20-5-7-22(8-6-20)31-30(36-32-29(11-12-34-38(31)32)37-13-15-41-16-14-37)24-17-23(18-24)28-10-9-21-3-1-2-4-27(21)35-28/h1-12,23-26H,13-19H2,(H,39,40)/t23-,24-,25-,26+/m1/s1. The number of carboxylic acid groups (broad SMARTS) is 1. The fourth-order valence-corrected chi connectivity index (χ4v) is 6.67. The number of carbonyl (C=O) groups is 1. The first-order chi connectivity index (χ1) is 20.1. The number of hydrogen-bond donors (Lipinski definition) is 1. The van der Waals surface area contributed by atoms with E-state index in [4.69, 9.17) is 19.8 Å². The summed E-state index contributed by atoms with van der Waals surface area (Å²) in [5, 5.41) is 15.4. The molecule has 0 bridgehead atoms. The van der Waals surface area contributed by atoms with Crippen molar-refractivity contribution in [2.24, 2.45) is 5.92 Å². The second-order valence-corrected chi connectivity index (χ2v) is 11.6. The highest BCUT2D eigenvalue weighted by molar-refractivity contribution is 5.79. The maximum absolute atomic E-state index is 11.4. The van der Waals surface area contributed by atoms with Crippen LogP contribution in [0.5, 0.6) is 0 Å². The molecule has 1 saturated heterocycles. The third kappa shape index (κ3) is 4.25. The van der Waals surface area contributed by atoms with Crippen molar-refractivity contribution in [3.05, 3.63) is 89.9 Å². The number of morpholine rings is 1. The summed E-state index contributed by atoms with van der Waals surface area (Å²) < 4.78 is 7.62. The molecule has 3 aromatic heterocycles. The van der Waals surface area contributed by atoms with Crippen molar-refractivity contribution in [1.82, 2.24) is 19.6 Å². The molecule has 0 radical (unpaired) electrons. The molecule has 8 nitrogen and oxygen atoms in total. The van der Waals surface area contributed by atoms with Crippen molar-refractivity contribution in [2.45, 2.75) is 37.0 Å². The van der Waals surface area contributed by atoms with Gasteiger partial charge in [0.15, 0.2) is 5.65 Å². The lowest BCUT2D eigenvalue weighted by atomic mass is 9.71. The number of hydrogen-bond acceptors (Lipinski definition) is 6. The van der Waals surface area contributed by atoms with Crippen molar-refractivity contribution in [2.75, 3.05) is 31.2 Å². The molecule has 4 heterocycles. The number of para-hydroxylation sites is 1. The fourth-order valence-electron chi connectivity index (χ4n) is 6.67. The van der Waals surface area contributed by atoms with Gasteiger partial charge < -0.3 is 14.7 Å². The summed E-state index contributed by atoms with van der Waals surface area (Å²) in [6, 6.07) is 23.1. The second-order valence-electron chi connectivity index (χ2n) is 11.6. The lowest BCUT2D eigenvalue weighted by molar-refractivity contribution is -0.138. The SMILES string of the molecule is O=C(O)[C@H]1C[C@@H]1c1ccc(-c2c([C@H]3C[C@H](c4ccc5ccccc5n4)C3)nc3c(N4CCOCC4)ccnn23)cc1. The van der Waals surface area contributed by atoms with Gasteiger partial charge in [0.05, 0.1) is 47.9 Å². The summed E-state index contributed by atoms with van der Waals surface area (Å²) >= 11 is 0. The summed E-state index contributed by atoms with van der Waals surface area (Å²) in [6.07, 6.45) is 4.57. The highest BCUT2D eigenvalue weighted by atomic mass is 16.5. The van der Waals surface area contributed by atoms with Gasteiger partial charge in [0.1, 0.15) is 0 Å². The van der Waals surface area contributed by atoms with Crippen LogP contribution in [0.4, 0.5) is 5.69 Å². The summed E-state index contributed by atoms with van der Waals surface area (Å²) in [5.41, 5.74) is 8.42. The molecule has 1 N–H and O–H groups in total. The quantitative estimate of drug-likeness (QED) is 0.296. The molecule has 2 saturated carbocycles. The van der Waals surface area contributed by atoms with E-state index in [-0.39, 0.29) is 11.8 Å². The van der Waals surface area contributed by atoms with Gasteiger partial charge in [-0.2, -0.15) is 5.10 Å². The van der Waals surface area contributed by atoms with Crippen LogP contribution < -0.4 is 4.90 Å². The van der Waals surface area contributed by atoms with E-state index in [1.165, 1.54) is 5.39 Å². The Labute approximate surface area is 237 Å². The molecule has 5 aromatic rings.